The highest BCUT2D eigenvalue weighted by Gasteiger charge is 2.22. The Hall–Kier alpha value is -1.95. The van der Waals surface area contributed by atoms with E-state index in [1.807, 2.05) is 12.1 Å². The largest absolute Gasteiger partial charge is 0.492 e. The number of rotatable bonds is 9. The smallest absolute Gasteiger partial charge is 0.127 e. The molecule has 0 radical (unpaired) electrons. The number of hydrogen-bond acceptors (Lipinski definition) is 4. The molecule has 1 aliphatic carbocycles. The molecular formula is C26H35FN2O2. The van der Waals surface area contributed by atoms with Crippen LogP contribution in [0.5, 0.6) is 5.75 Å². The van der Waals surface area contributed by atoms with Crippen molar-refractivity contribution >= 4 is 0 Å². The van der Waals surface area contributed by atoms with Gasteiger partial charge in [0.1, 0.15) is 18.2 Å². The Balaban J connectivity index is 1.34. The third-order valence-electron chi connectivity index (χ3n) is 6.51. The monoisotopic (exact) mass is 426 g/mol. The highest BCUT2D eigenvalue weighted by molar-refractivity contribution is 5.27. The summed E-state index contributed by atoms with van der Waals surface area (Å²) in [7, 11) is 0. The number of halogens is 1. The zero-order valence-corrected chi connectivity index (χ0v) is 18.5. The van der Waals surface area contributed by atoms with Gasteiger partial charge in [0.15, 0.2) is 0 Å². The zero-order chi connectivity index (χ0) is 21.3. The van der Waals surface area contributed by atoms with Gasteiger partial charge in [-0.15, -0.1) is 0 Å². The molecule has 0 amide bonds. The predicted octanol–water partition coefficient (Wildman–Crippen LogP) is 4.87. The summed E-state index contributed by atoms with van der Waals surface area (Å²) < 4.78 is 25.6. The first-order valence-corrected chi connectivity index (χ1v) is 11.8. The van der Waals surface area contributed by atoms with E-state index in [0.717, 1.165) is 50.7 Å². The molecule has 1 saturated heterocycles. The second kappa shape index (κ2) is 11.6. The molecule has 31 heavy (non-hydrogen) atoms. The van der Waals surface area contributed by atoms with Crippen LogP contribution in [0.25, 0.3) is 0 Å². The topological polar surface area (TPSA) is 24.9 Å². The lowest BCUT2D eigenvalue weighted by Crippen LogP contribution is -2.38. The van der Waals surface area contributed by atoms with Crippen molar-refractivity contribution in [1.82, 2.24) is 9.80 Å². The molecule has 1 aliphatic heterocycles. The maximum atomic E-state index is 14.3. The van der Waals surface area contributed by atoms with Crippen LogP contribution in [0.4, 0.5) is 4.39 Å². The number of hydrogen-bond donors (Lipinski definition) is 0. The van der Waals surface area contributed by atoms with Gasteiger partial charge in [-0.3, -0.25) is 9.80 Å². The van der Waals surface area contributed by atoms with E-state index in [0.29, 0.717) is 19.2 Å². The normalized spacial score (nSPS) is 18.4. The third kappa shape index (κ3) is 6.76. The van der Waals surface area contributed by atoms with Gasteiger partial charge in [0.25, 0.3) is 0 Å². The Labute approximate surface area is 185 Å². The molecule has 2 fully saturated rings. The molecule has 0 unspecified atom stereocenters. The second-order valence-electron chi connectivity index (χ2n) is 8.73. The lowest BCUT2D eigenvalue weighted by molar-refractivity contribution is 0.0322. The van der Waals surface area contributed by atoms with Crippen LogP contribution >= 0.6 is 0 Å². The van der Waals surface area contributed by atoms with E-state index in [1.54, 1.807) is 12.1 Å². The molecule has 1 heterocycles. The molecule has 1 saturated carbocycles. The number of nitrogens with zero attached hydrogens (tertiary/aromatic N) is 2. The summed E-state index contributed by atoms with van der Waals surface area (Å²) in [4.78, 5) is 4.84. The number of benzene rings is 2. The fraction of sp³-hybridized carbons (Fsp3) is 0.538. The van der Waals surface area contributed by atoms with Crippen molar-refractivity contribution in [3.63, 3.8) is 0 Å². The molecule has 0 N–H and O–H groups in total. The molecular weight excluding hydrogens is 391 g/mol. The Morgan fingerprint density at radius 2 is 1.68 bits per heavy atom. The maximum absolute atomic E-state index is 14.3. The van der Waals surface area contributed by atoms with Gasteiger partial charge in [-0.1, -0.05) is 49.6 Å². The number of ether oxygens (including phenoxy) is 2. The van der Waals surface area contributed by atoms with Crippen LogP contribution in [0.3, 0.4) is 0 Å². The van der Waals surface area contributed by atoms with Gasteiger partial charge in [-0.2, -0.15) is 0 Å². The fourth-order valence-electron chi connectivity index (χ4n) is 4.65. The maximum Gasteiger partial charge on any atom is 0.127 e. The summed E-state index contributed by atoms with van der Waals surface area (Å²) in [6, 6.07) is 16.1. The quantitative estimate of drug-likeness (QED) is 0.571. The average molecular weight is 427 g/mol. The summed E-state index contributed by atoms with van der Waals surface area (Å²) in [5.74, 6) is 0.808. The molecule has 0 aromatic heterocycles. The Kier molecular flexibility index (Phi) is 8.33. The highest BCUT2D eigenvalue weighted by Crippen LogP contribution is 2.26. The predicted molar refractivity (Wildman–Crippen MR) is 122 cm³/mol. The number of morpholine rings is 1. The van der Waals surface area contributed by atoms with Crippen LogP contribution in [-0.2, 0) is 17.8 Å². The van der Waals surface area contributed by atoms with Gasteiger partial charge in [0.05, 0.1) is 13.2 Å². The third-order valence-corrected chi connectivity index (χ3v) is 6.51. The van der Waals surface area contributed by atoms with Gasteiger partial charge in [0, 0.05) is 44.3 Å². The lowest BCUT2D eigenvalue weighted by Gasteiger charge is -2.34. The van der Waals surface area contributed by atoms with Crippen molar-refractivity contribution in [2.24, 2.45) is 0 Å². The van der Waals surface area contributed by atoms with Crippen molar-refractivity contribution in [3.8, 4) is 5.75 Å². The van der Waals surface area contributed by atoms with Gasteiger partial charge < -0.3 is 9.47 Å². The molecule has 0 bridgehead atoms. The molecule has 2 aromatic carbocycles. The molecule has 168 valence electrons. The highest BCUT2D eigenvalue weighted by atomic mass is 19.1. The molecule has 4 nitrogen and oxygen atoms in total. The molecule has 2 aromatic rings. The van der Waals surface area contributed by atoms with Crippen molar-refractivity contribution < 1.29 is 13.9 Å². The van der Waals surface area contributed by atoms with E-state index >= 15 is 0 Å². The minimum absolute atomic E-state index is 0.104. The lowest BCUT2D eigenvalue weighted by atomic mass is 9.93. The second-order valence-corrected chi connectivity index (χ2v) is 8.73. The minimum atomic E-state index is -0.104. The van der Waals surface area contributed by atoms with E-state index in [-0.39, 0.29) is 5.82 Å². The van der Waals surface area contributed by atoms with Crippen LogP contribution in [0.15, 0.2) is 48.5 Å². The van der Waals surface area contributed by atoms with E-state index in [2.05, 4.69) is 34.1 Å². The van der Waals surface area contributed by atoms with E-state index < -0.39 is 0 Å². The first-order valence-electron chi connectivity index (χ1n) is 11.8. The van der Waals surface area contributed by atoms with Crippen molar-refractivity contribution in [2.75, 3.05) is 39.5 Å². The van der Waals surface area contributed by atoms with Gasteiger partial charge in [-0.25, -0.2) is 4.39 Å². The van der Waals surface area contributed by atoms with Crippen LogP contribution in [0.1, 0.15) is 43.2 Å². The standard InChI is InChI=1S/C26H35FN2O2/c27-26-9-5-4-6-23(26)21-29(24-7-2-1-3-8-24)20-22-10-12-25(13-11-22)31-19-16-28-14-17-30-18-15-28/h4-6,9-13,24H,1-3,7-8,14-21H2. The Bertz CT molecular complexity index is 786. The van der Waals surface area contributed by atoms with Crippen LogP contribution in [0.2, 0.25) is 0 Å². The molecule has 4 rings (SSSR count). The van der Waals surface area contributed by atoms with E-state index in [1.165, 1.54) is 37.7 Å². The molecule has 5 heteroatoms. The van der Waals surface area contributed by atoms with Crippen LogP contribution in [0, 0.1) is 5.82 Å². The summed E-state index contributed by atoms with van der Waals surface area (Å²) in [6.45, 7) is 6.74. The van der Waals surface area contributed by atoms with Crippen molar-refractivity contribution in [2.45, 2.75) is 51.2 Å². The first-order chi connectivity index (χ1) is 15.3. The fourth-order valence-corrected chi connectivity index (χ4v) is 4.65. The summed E-state index contributed by atoms with van der Waals surface area (Å²) in [6.07, 6.45) is 6.28. The molecule has 0 atom stereocenters. The van der Waals surface area contributed by atoms with E-state index in [4.69, 9.17) is 9.47 Å². The SMILES string of the molecule is Fc1ccccc1CN(Cc1ccc(OCCN2CCOCC2)cc1)C1CCCCC1. The van der Waals surface area contributed by atoms with Gasteiger partial charge in [-0.05, 0) is 36.6 Å². The van der Waals surface area contributed by atoms with Crippen LogP contribution in [-0.4, -0.2) is 55.3 Å². The van der Waals surface area contributed by atoms with E-state index in [9.17, 15) is 4.39 Å². The Morgan fingerprint density at radius 3 is 2.42 bits per heavy atom. The van der Waals surface area contributed by atoms with Gasteiger partial charge >= 0.3 is 0 Å². The van der Waals surface area contributed by atoms with Crippen molar-refractivity contribution in [3.05, 3.63) is 65.5 Å². The minimum Gasteiger partial charge on any atom is -0.492 e. The van der Waals surface area contributed by atoms with Gasteiger partial charge in [0.2, 0.25) is 0 Å². The summed E-state index contributed by atoms with van der Waals surface area (Å²) in [5, 5.41) is 0. The van der Waals surface area contributed by atoms with Crippen molar-refractivity contribution in [1.29, 1.82) is 0 Å². The Morgan fingerprint density at radius 1 is 0.935 bits per heavy atom. The average Bonchev–Trinajstić information content (AvgIpc) is 2.82. The summed E-state index contributed by atoms with van der Waals surface area (Å²) in [5.41, 5.74) is 2.04. The molecule has 0 spiro atoms. The zero-order valence-electron chi connectivity index (χ0n) is 18.5. The first kappa shape index (κ1) is 22.3. The molecule has 2 aliphatic rings. The summed E-state index contributed by atoms with van der Waals surface area (Å²) >= 11 is 0. The van der Waals surface area contributed by atoms with Crippen LogP contribution < -0.4 is 4.74 Å².